The van der Waals surface area contributed by atoms with E-state index in [1.54, 1.807) is 19.4 Å². The Hall–Kier alpha value is -3.05. The van der Waals surface area contributed by atoms with Crippen LogP contribution < -0.4 is 15.0 Å². The minimum absolute atomic E-state index is 0.00778. The van der Waals surface area contributed by atoms with E-state index in [2.05, 4.69) is 23.3 Å². The quantitative estimate of drug-likeness (QED) is 0.634. The fraction of sp³-hybridized carbons (Fsp3) is 0.217. The van der Waals surface area contributed by atoms with Gasteiger partial charge in [0.2, 0.25) is 0 Å². The van der Waals surface area contributed by atoms with Gasteiger partial charge in [-0.3, -0.25) is 4.79 Å². The first-order chi connectivity index (χ1) is 14.1. The highest BCUT2D eigenvalue weighted by Crippen LogP contribution is 2.39. The lowest BCUT2D eigenvalue weighted by Crippen LogP contribution is -2.44. The molecule has 6 heteroatoms. The Morgan fingerprint density at radius 1 is 1.17 bits per heavy atom. The van der Waals surface area contributed by atoms with Crippen LogP contribution in [0.1, 0.15) is 35.3 Å². The molecule has 1 aliphatic rings. The number of hydrogen-bond donors (Lipinski definition) is 1. The van der Waals surface area contributed by atoms with E-state index in [1.807, 2.05) is 53.4 Å². The summed E-state index contributed by atoms with van der Waals surface area (Å²) in [5, 5.41) is 4.08. The van der Waals surface area contributed by atoms with Crippen LogP contribution in [0, 0.1) is 0 Å². The van der Waals surface area contributed by atoms with Gasteiger partial charge in [-0.1, -0.05) is 35.9 Å². The van der Waals surface area contributed by atoms with Gasteiger partial charge in [-0.25, -0.2) is 4.98 Å². The summed E-state index contributed by atoms with van der Waals surface area (Å²) in [5.41, 5.74) is 2.58. The number of nitrogens with zero attached hydrogens (tertiary/aromatic N) is 2. The van der Waals surface area contributed by atoms with Crippen molar-refractivity contribution >= 4 is 29.0 Å². The number of amides is 1. The maximum absolute atomic E-state index is 13.4. The number of hydrogen-bond acceptors (Lipinski definition) is 4. The molecule has 0 fully saturated rings. The monoisotopic (exact) mass is 407 g/mol. The van der Waals surface area contributed by atoms with Crippen molar-refractivity contribution < 1.29 is 9.53 Å². The molecule has 0 saturated heterocycles. The van der Waals surface area contributed by atoms with E-state index in [1.165, 1.54) is 0 Å². The number of ether oxygens (including phenoxy) is 1. The molecule has 1 aliphatic heterocycles. The first-order valence-electron chi connectivity index (χ1n) is 9.51. The van der Waals surface area contributed by atoms with Crippen molar-refractivity contribution in [3.8, 4) is 5.75 Å². The number of para-hydroxylation sites is 1. The first kappa shape index (κ1) is 19.3. The number of anilines is 2. The predicted octanol–water partition coefficient (Wildman–Crippen LogP) is 5.34. The predicted molar refractivity (Wildman–Crippen MR) is 116 cm³/mol. The summed E-state index contributed by atoms with van der Waals surface area (Å²) in [5.74, 6) is 1.39. The zero-order chi connectivity index (χ0) is 20.4. The lowest BCUT2D eigenvalue weighted by atomic mass is 9.91. The number of carbonyl (C=O) groups excluding carboxylic acids is 1. The number of rotatable bonds is 4. The largest absolute Gasteiger partial charge is 0.497 e. The van der Waals surface area contributed by atoms with Crippen LogP contribution in [0.3, 0.4) is 0 Å². The third kappa shape index (κ3) is 3.91. The van der Waals surface area contributed by atoms with E-state index < -0.39 is 0 Å². The van der Waals surface area contributed by atoms with Gasteiger partial charge in [-0.2, -0.15) is 0 Å². The molecule has 0 aliphatic carbocycles. The molecule has 0 radical (unpaired) electrons. The molecule has 148 valence electrons. The molecular weight excluding hydrogens is 386 g/mol. The molecule has 4 rings (SSSR count). The van der Waals surface area contributed by atoms with Crippen LogP contribution in [0.4, 0.5) is 11.5 Å². The van der Waals surface area contributed by atoms with Crippen molar-refractivity contribution in [1.29, 1.82) is 0 Å². The standard InChI is InChI=1S/C23H22ClN3O2/c1-15-12-20(26-22-11-10-17(24)14-25-22)19-8-3-4-9-21(19)27(15)23(28)16-6-5-7-18(13-16)29-2/h3-11,13-15,20H,12H2,1-2H3,(H,25,26)/t15-,20+/m1/s1. The summed E-state index contributed by atoms with van der Waals surface area (Å²) in [4.78, 5) is 19.6. The maximum atomic E-state index is 13.4. The Kier molecular flexibility index (Phi) is 5.41. The van der Waals surface area contributed by atoms with Crippen LogP contribution in [-0.2, 0) is 0 Å². The topological polar surface area (TPSA) is 54.5 Å². The van der Waals surface area contributed by atoms with Gasteiger partial charge in [0.15, 0.2) is 0 Å². The van der Waals surface area contributed by atoms with Crippen LogP contribution >= 0.6 is 11.6 Å². The summed E-state index contributed by atoms with van der Waals surface area (Å²) in [7, 11) is 1.60. The lowest BCUT2D eigenvalue weighted by Gasteiger charge is -2.39. The van der Waals surface area contributed by atoms with Gasteiger partial charge >= 0.3 is 0 Å². The highest BCUT2D eigenvalue weighted by molar-refractivity contribution is 6.30. The SMILES string of the molecule is COc1cccc(C(=O)N2c3ccccc3[C@@H](Nc3ccc(Cl)cn3)C[C@H]2C)c1. The van der Waals surface area contributed by atoms with Gasteiger partial charge in [0.1, 0.15) is 11.6 Å². The minimum atomic E-state index is -0.0353. The van der Waals surface area contributed by atoms with Crippen molar-refractivity contribution in [2.45, 2.75) is 25.4 Å². The van der Waals surface area contributed by atoms with E-state index in [0.717, 1.165) is 23.5 Å². The molecule has 1 amide bonds. The summed E-state index contributed by atoms with van der Waals surface area (Å²) in [6.07, 6.45) is 2.39. The number of benzene rings is 2. The zero-order valence-corrected chi connectivity index (χ0v) is 17.1. The van der Waals surface area contributed by atoms with Crippen LogP contribution in [0.15, 0.2) is 66.9 Å². The third-order valence-corrected chi connectivity index (χ3v) is 5.40. The van der Waals surface area contributed by atoms with Crippen LogP contribution in [-0.4, -0.2) is 24.0 Å². The average Bonchev–Trinajstić information content (AvgIpc) is 2.75. The number of halogens is 1. The molecule has 29 heavy (non-hydrogen) atoms. The smallest absolute Gasteiger partial charge is 0.258 e. The molecule has 5 nitrogen and oxygen atoms in total. The van der Waals surface area contributed by atoms with Crippen LogP contribution in [0.25, 0.3) is 0 Å². The number of methoxy groups -OCH3 is 1. The minimum Gasteiger partial charge on any atom is -0.497 e. The number of aromatic nitrogens is 1. The van der Waals surface area contributed by atoms with Gasteiger partial charge in [0.05, 0.1) is 18.2 Å². The molecule has 2 aromatic carbocycles. The summed E-state index contributed by atoms with van der Waals surface area (Å²) >= 11 is 5.95. The molecular formula is C23H22ClN3O2. The van der Waals surface area contributed by atoms with Gasteiger partial charge in [0.25, 0.3) is 5.91 Å². The molecule has 1 N–H and O–H groups in total. The number of carbonyl (C=O) groups is 1. The van der Waals surface area contributed by atoms with E-state index in [9.17, 15) is 4.79 Å². The Labute approximate surface area is 175 Å². The van der Waals surface area contributed by atoms with E-state index in [0.29, 0.717) is 16.3 Å². The van der Waals surface area contributed by atoms with Crippen LogP contribution in [0.5, 0.6) is 5.75 Å². The first-order valence-corrected chi connectivity index (χ1v) is 9.89. The summed E-state index contributed by atoms with van der Waals surface area (Å²) in [6.45, 7) is 2.07. The maximum Gasteiger partial charge on any atom is 0.258 e. The Morgan fingerprint density at radius 3 is 2.76 bits per heavy atom. The normalized spacial score (nSPS) is 18.1. The number of pyridine rings is 1. The van der Waals surface area contributed by atoms with Crippen molar-refractivity contribution in [2.24, 2.45) is 0 Å². The number of nitrogens with one attached hydrogen (secondary N) is 1. The molecule has 2 atom stereocenters. The number of fused-ring (bicyclic) bond motifs is 1. The van der Waals surface area contributed by atoms with Crippen molar-refractivity contribution in [2.75, 3.05) is 17.3 Å². The van der Waals surface area contributed by atoms with Crippen molar-refractivity contribution in [3.05, 3.63) is 83.0 Å². The summed E-state index contributed by atoms with van der Waals surface area (Å²) < 4.78 is 5.28. The van der Waals surface area contributed by atoms with Gasteiger partial charge in [0, 0.05) is 23.5 Å². The third-order valence-electron chi connectivity index (χ3n) is 5.17. The molecule has 0 unspecified atom stereocenters. The van der Waals surface area contributed by atoms with E-state index in [-0.39, 0.29) is 18.0 Å². The van der Waals surface area contributed by atoms with Crippen molar-refractivity contribution in [1.82, 2.24) is 4.98 Å². The molecule has 0 bridgehead atoms. The Morgan fingerprint density at radius 2 is 2.00 bits per heavy atom. The van der Waals surface area contributed by atoms with E-state index in [4.69, 9.17) is 16.3 Å². The second-order valence-electron chi connectivity index (χ2n) is 7.11. The van der Waals surface area contributed by atoms with Gasteiger partial charge in [-0.15, -0.1) is 0 Å². The molecule has 1 aromatic heterocycles. The zero-order valence-electron chi connectivity index (χ0n) is 16.3. The highest BCUT2D eigenvalue weighted by atomic mass is 35.5. The summed E-state index contributed by atoms with van der Waals surface area (Å²) in [6, 6.07) is 19.0. The average molecular weight is 408 g/mol. The van der Waals surface area contributed by atoms with E-state index >= 15 is 0 Å². The second kappa shape index (κ2) is 8.13. The Balaban J connectivity index is 1.67. The van der Waals surface area contributed by atoms with Crippen LogP contribution in [0.2, 0.25) is 5.02 Å². The molecule has 0 spiro atoms. The van der Waals surface area contributed by atoms with Crippen molar-refractivity contribution in [3.63, 3.8) is 0 Å². The lowest BCUT2D eigenvalue weighted by molar-refractivity contribution is 0.0974. The Bertz CT molecular complexity index is 1020. The highest BCUT2D eigenvalue weighted by Gasteiger charge is 2.34. The molecule has 0 saturated carbocycles. The second-order valence-corrected chi connectivity index (χ2v) is 7.55. The fourth-order valence-corrected chi connectivity index (χ4v) is 3.91. The molecule has 2 heterocycles. The fourth-order valence-electron chi connectivity index (χ4n) is 3.79. The molecule has 3 aromatic rings. The van der Waals surface area contributed by atoms with Gasteiger partial charge < -0.3 is 15.0 Å². The van der Waals surface area contributed by atoms with Gasteiger partial charge in [-0.05, 0) is 55.3 Å².